The van der Waals surface area contributed by atoms with Gasteiger partial charge in [0.2, 0.25) is 0 Å². The molecule has 298 valence electrons. The first-order chi connectivity index (χ1) is 30.4. The highest BCUT2D eigenvalue weighted by atomic mass is 15.1. The maximum absolute atomic E-state index is 6.36. The second-order valence-electron chi connectivity index (χ2n) is 16.6. The van der Waals surface area contributed by atoms with E-state index in [4.69, 9.17) is 5.73 Å². The number of para-hydroxylation sites is 2. The number of allylic oxidation sites excluding steroid dienone is 1. The molecule has 0 atom stereocenters. The standard InChI is InChI=1S/C57H45N5/c1-4-34-59-56(58)39-21-26-44(27-22-39)61(45-28-29-47-46-17-11-12-18-51(46)57(2,3)52(47)37-45)43-24-19-38(20-25-43)40-23-31-54-50(36-40)48-30-32-53-49(33-35-60(53)41-13-7-5-8-14-41)55(48)62(54)42-15-9-6-10-16-42/h4-37H,1-3H3,(H2,58,59)/b34-4-. The van der Waals surface area contributed by atoms with Crippen molar-refractivity contribution in [3.8, 4) is 33.6 Å². The maximum Gasteiger partial charge on any atom is 0.130 e. The molecule has 0 unspecified atom stereocenters. The normalized spacial score (nSPS) is 13.3. The monoisotopic (exact) mass is 799 g/mol. The Labute approximate surface area is 362 Å². The zero-order valence-corrected chi connectivity index (χ0v) is 35.0. The summed E-state index contributed by atoms with van der Waals surface area (Å²) in [5.41, 5.74) is 23.8. The summed E-state index contributed by atoms with van der Waals surface area (Å²) in [5, 5.41) is 3.67. The van der Waals surface area contributed by atoms with Crippen molar-refractivity contribution in [1.82, 2.24) is 9.13 Å². The number of aromatic nitrogens is 2. The fraction of sp³-hybridized carbons (Fsp3) is 0.0702. The summed E-state index contributed by atoms with van der Waals surface area (Å²) in [6.07, 6.45) is 5.79. The molecule has 2 N–H and O–H groups in total. The van der Waals surface area contributed by atoms with Crippen molar-refractivity contribution in [2.75, 3.05) is 4.90 Å². The van der Waals surface area contributed by atoms with Crippen molar-refractivity contribution in [1.29, 1.82) is 0 Å². The van der Waals surface area contributed by atoms with Crippen LogP contribution in [0, 0.1) is 0 Å². The fourth-order valence-electron chi connectivity index (χ4n) is 9.66. The van der Waals surface area contributed by atoms with E-state index in [1.54, 1.807) is 6.20 Å². The Morgan fingerprint density at radius 2 is 1.18 bits per heavy atom. The molecule has 0 saturated carbocycles. The first kappa shape index (κ1) is 37.1. The second kappa shape index (κ2) is 14.7. The summed E-state index contributed by atoms with van der Waals surface area (Å²) < 4.78 is 4.71. The molecule has 1 aliphatic rings. The molecule has 11 rings (SSSR count). The smallest absolute Gasteiger partial charge is 0.130 e. The van der Waals surface area contributed by atoms with Gasteiger partial charge in [-0.05, 0) is 137 Å². The van der Waals surface area contributed by atoms with Gasteiger partial charge in [-0.2, -0.15) is 0 Å². The van der Waals surface area contributed by atoms with Gasteiger partial charge in [0.15, 0.2) is 0 Å². The topological polar surface area (TPSA) is 51.5 Å². The molecule has 10 aromatic rings. The Balaban J connectivity index is 1.02. The minimum absolute atomic E-state index is 0.126. The van der Waals surface area contributed by atoms with Crippen LogP contribution in [-0.2, 0) is 5.41 Å². The lowest BCUT2D eigenvalue weighted by atomic mass is 9.82. The molecule has 1 aliphatic carbocycles. The predicted octanol–water partition coefficient (Wildman–Crippen LogP) is 14.4. The van der Waals surface area contributed by atoms with Gasteiger partial charge in [-0.15, -0.1) is 0 Å². The lowest BCUT2D eigenvalue weighted by Crippen LogP contribution is -2.17. The Hall–Kier alpha value is -7.89. The van der Waals surface area contributed by atoms with E-state index < -0.39 is 0 Å². The molecule has 0 spiro atoms. The summed E-state index contributed by atoms with van der Waals surface area (Å²) in [6, 6.07) is 68.1. The van der Waals surface area contributed by atoms with E-state index in [0.29, 0.717) is 5.84 Å². The summed E-state index contributed by atoms with van der Waals surface area (Å²) in [7, 11) is 0. The third-order valence-electron chi connectivity index (χ3n) is 12.7. The van der Waals surface area contributed by atoms with Crippen LogP contribution in [0.25, 0.3) is 66.3 Å². The first-order valence-corrected chi connectivity index (χ1v) is 21.3. The zero-order valence-electron chi connectivity index (χ0n) is 35.0. The van der Waals surface area contributed by atoms with Crippen LogP contribution in [0.15, 0.2) is 212 Å². The number of anilines is 3. The number of amidine groups is 1. The summed E-state index contributed by atoms with van der Waals surface area (Å²) in [5.74, 6) is 0.487. The van der Waals surface area contributed by atoms with Crippen molar-refractivity contribution >= 4 is 55.6 Å². The molecule has 0 amide bonds. The molecule has 0 fully saturated rings. The number of benzene rings is 8. The predicted molar refractivity (Wildman–Crippen MR) is 261 cm³/mol. The van der Waals surface area contributed by atoms with E-state index in [-0.39, 0.29) is 5.41 Å². The Kier molecular flexibility index (Phi) is 8.79. The van der Waals surface area contributed by atoms with Gasteiger partial charge in [0.25, 0.3) is 0 Å². The Bertz CT molecular complexity index is 3370. The van der Waals surface area contributed by atoms with Crippen LogP contribution in [0.5, 0.6) is 0 Å². The van der Waals surface area contributed by atoms with E-state index >= 15 is 0 Å². The van der Waals surface area contributed by atoms with Crippen LogP contribution in [0.3, 0.4) is 0 Å². The highest BCUT2D eigenvalue weighted by Gasteiger charge is 2.35. The second-order valence-corrected chi connectivity index (χ2v) is 16.6. The molecule has 2 heterocycles. The molecule has 0 bridgehead atoms. The summed E-state index contributed by atoms with van der Waals surface area (Å²) in [6.45, 7) is 6.60. The van der Waals surface area contributed by atoms with Crippen molar-refractivity contribution in [2.45, 2.75) is 26.2 Å². The van der Waals surface area contributed by atoms with Gasteiger partial charge in [-0.25, -0.2) is 4.99 Å². The molecule has 2 aromatic heterocycles. The lowest BCUT2D eigenvalue weighted by Gasteiger charge is -2.28. The van der Waals surface area contributed by atoms with Gasteiger partial charge in [0.1, 0.15) is 5.84 Å². The number of hydrogen-bond donors (Lipinski definition) is 1. The number of aliphatic imine (C=N–C) groups is 1. The number of rotatable bonds is 8. The molecule has 5 nitrogen and oxygen atoms in total. The zero-order chi connectivity index (χ0) is 42.0. The molecule has 0 radical (unpaired) electrons. The highest BCUT2D eigenvalue weighted by molar-refractivity contribution is 6.19. The van der Waals surface area contributed by atoms with Crippen molar-refractivity contribution in [3.05, 3.63) is 223 Å². The van der Waals surface area contributed by atoms with E-state index in [1.165, 1.54) is 60.5 Å². The Morgan fingerprint density at radius 3 is 1.92 bits per heavy atom. The third-order valence-corrected chi connectivity index (χ3v) is 12.7. The minimum Gasteiger partial charge on any atom is -0.383 e. The average Bonchev–Trinajstić information content (AvgIpc) is 3.97. The molecular weight excluding hydrogens is 755 g/mol. The molecule has 5 heteroatoms. The van der Waals surface area contributed by atoms with Crippen molar-refractivity contribution < 1.29 is 0 Å². The van der Waals surface area contributed by atoms with Crippen molar-refractivity contribution in [3.63, 3.8) is 0 Å². The van der Waals surface area contributed by atoms with Crippen molar-refractivity contribution in [2.24, 2.45) is 10.7 Å². The van der Waals surface area contributed by atoms with E-state index in [9.17, 15) is 0 Å². The molecule has 8 aromatic carbocycles. The van der Waals surface area contributed by atoms with E-state index in [2.05, 4.69) is 227 Å². The van der Waals surface area contributed by atoms with Crippen LogP contribution in [0.4, 0.5) is 17.1 Å². The SMILES string of the molecule is C/C=C\N=C(N)c1ccc(N(c2ccc(-c3ccc4c(c3)c3ccc5c(ccn5-c5ccccc5)c3n4-c3ccccc3)cc2)c2ccc3c(c2)C(C)(C)c2ccccc2-3)cc1. The van der Waals surface area contributed by atoms with Crippen LogP contribution >= 0.6 is 0 Å². The molecule has 0 aliphatic heterocycles. The summed E-state index contributed by atoms with van der Waals surface area (Å²) in [4.78, 5) is 6.74. The largest absolute Gasteiger partial charge is 0.383 e. The summed E-state index contributed by atoms with van der Waals surface area (Å²) >= 11 is 0. The lowest BCUT2D eigenvalue weighted by molar-refractivity contribution is 0.660. The van der Waals surface area contributed by atoms with Gasteiger partial charge in [0, 0.05) is 68.0 Å². The van der Waals surface area contributed by atoms with Crippen LogP contribution in [-0.4, -0.2) is 15.0 Å². The fourth-order valence-corrected chi connectivity index (χ4v) is 9.66. The minimum atomic E-state index is -0.126. The molecular formula is C57H45N5. The van der Waals surface area contributed by atoms with Gasteiger partial charge in [-0.3, -0.25) is 0 Å². The third kappa shape index (κ3) is 5.96. The Morgan fingerprint density at radius 1 is 0.548 bits per heavy atom. The van der Waals surface area contributed by atoms with Gasteiger partial charge < -0.3 is 19.8 Å². The van der Waals surface area contributed by atoms with Crippen LogP contribution < -0.4 is 10.6 Å². The number of fused-ring (bicyclic) bond motifs is 8. The number of nitrogens with zero attached hydrogens (tertiary/aromatic N) is 4. The van der Waals surface area contributed by atoms with E-state index in [0.717, 1.165) is 39.6 Å². The highest BCUT2D eigenvalue weighted by Crippen LogP contribution is 2.51. The first-order valence-electron chi connectivity index (χ1n) is 21.3. The molecule has 62 heavy (non-hydrogen) atoms. The maximum atomic E-state index is 6.36. The molecule has 0 saturated heterocycles. The van der Waals surface area contributed by atoms with Gasteiger partial charge >= 0.3 is 0 Å². The van der Waals surface area contributed by atoms with E-state index in [1.807, 2.05) is 13.0 Å². The van der Waals surface area contributed by atoms with Crippen LogP contribution in [0.2, 0.25) is 0 Å². The quantitative estimate of drug-likeness (QED) is 0.123. The average molecular weight is 800 g/mol. The number of nitrogens with two attached hydrogens (primary N) is 1. The van der Waals surface area contributed by atoms with Crippen LogP contribution in [0.1, 0.15) is 37.5 Å². The van der Waals surface area contributed by atoms with Gasteiger partial charge in [-0.1, -0.05) is 111 Å². The van der Waals surface area contributed by atoms with Gasteiger partial charge in [0.05, 0.1) is 16.6 Å². The number of hydrogen-bond acceptors (Lipinski definition) is 2.